The van der Waals surface area contributed by atoms with Gasteiger partial charge in [-0.25, -0.2) is 5.01 Å². The molecule has 1 N–H and O–H groups in total. The SMILES string of the molecule is COc1cc2c(cc1OC)C(Cc1ccc(-c3ccncc3)cc1)N(NOC(C)(C)C)CC2. The number of methoxy groups -OCH3 is 2. The molecule has 1 unspecified atom stereocenters. The van der Waals surface area contributed by atoms with Crippen LogP contribution in [0.3, 0.4) is 0 Å². The van der Waals surface area contributed by atoms with Gasteiger partial charge in [0, 0.05) is 18.9 Å². The van der Waals surface area contributed by atoms with Crippen LogP contribution in [0.5, 0.6) is 11.5 Å². The third-order valence-corrected chi connectivity index (χ3v) is 5.87. The maximum absolute atomic E-state index is 5.94. The van der Waals surface area contributed by atoms with E-state index in [2.05, 4.69) is 52.0 Å². The minimum atomic E-state index is -0.297. The number of nitrogens with one attached hydrogen (secondary N) is 1. The molecular weight excluding hydrogens is 414 g/mol. The number of hydrogen-bond donors (Lipinski definition) is 1. The second-order valence-corrected chi connectivity index (χ2v) is 9.31. The number of hydrogen-bond acceptors (Lipinski definition) is 6. The van der Waals surface area contributed by atoms with Crippen molar-refractivity contribution < 1.29 is 14.3 Å². The van der Waals surface area contributed by atoms with Crippen molar-refractivity contribution >= 4 is 0 Å². The average molecular weight is 448 g/mol. The van der Waals surface area contributed by atoms with Crippen LogP contribution in [0.15, 0.2) is 60.9 Å². The van der Waals surface area contributed by atoms with E-state index in [4.69, 9.17) is 14.3 Å². The molecule has 0 spiro atoms. The molecular formula is C27H33N3O3. The van der Waals surface area contributed by atoms with E-state index in [1.165, 1.54) is 27.8 Å². The number of pyridine rings is 1. The molecule has 0 radical (unpaired) electrons. The van der Waals surface area contributed by atoms with Crippen LogP contribution < -0.4 is 15.1 Å². The maximum atomic E-state index is 5.94. The number of aromatic nitrogens is 1. The molecule has 0 amide bonds. The van der Waals surface area contributed by atoms with E-state index in [9.17, 15) is 0 Å². The first-order valence-corrected chi connectivity index (χ1v) is 11.3. The van der Waals surface area contributed by atoms with Gasteiger partial charge in [0.1, 0.15) is 0 Å². The fourth-order valence-corrected chi connectivity index (χ4v) is 4.15. The first-order chi connectivity index (χ1) is 15.9. The van der Waals surface area contributed by atoms with Crippen molar-refractivity contribution in [3.63, 3.8) is 0 Å². The Kier molecular flexibility index (Phi) is 6.98. The van der Waals surface area contributed by atoms with Crippen molar-refractivity contribution in [1.29, 1.82) is 0 Å². The molecule has 1 aromatic heterocycles. The summed E-state index contributed by atoms with van der Waals surface area (Å²) in [6, 6.07) is 17.1. The van der Waals surface area contributed by atoms with E-state index in [0.717, 1.165) is 30.9 Å². The summed E-state index contributed by atoms with van der Waals surface area (Å²) in [7, 11) is 3.36. The van der Waals surface area contributed by atoms with Crippen molar-refractivity contribution in [2.24, 2.45) is 0 Å². The van der Waals surface area contributed by atoms with Crippen LogP contribution in [0.4, 0.5) is 0 Å². The normalized spacial score (nSPS) is 16.3. The van der Waals surface area contributed by atoms with Gasteiger partial charge in [-0.1, -0.05) is 24.3 Å². The molecule has 33 heavy (non-hydrogen) atoms. The van der Waals surface area contributed by atoms with E-state index in [-0.39, 0.29) is 11.6 Å². The lowest BCUT2D eigenvalue weighted by Gasteiger charge is -2.39. The Bertz CT molecular complexity index is 1060. The summed E-state index contributed by atoms with van der Waals surface area (Å²) in [5, 5.41) is 2.19. The van der Waals surface area contributed by atoms with E-state index >= 15 is 0 Å². The van der Waals surface area contributed by atoms with Crippen molar-refractivity contribution in [3.8, 4) is 22.6 Å². The van der Waals surface area contributed by atoms with Gasteiger partial charge in [0.15, 0.2) is 11.5 Å². The summed E-state index contributed by atoms with van der Waals surface area (Å²) in [5.41, 5.74) is 9.04. The predicted octanol–water partition coefficient (Wildman–Crippen LogP) is 5.14. The molecule has 1 aliphatic rings. The molecule has 0 bridgehead atoms. The first kappa shape index (κ1) is 23.2. The highest BCUT2D eigenvalue weighted by Gasteiger charge is 2.30. The molecule has 1 aliphatic heterocycles. The molecule has 0 saturated carbocycles. The van der Waals surface area contributed by atoms with Crippen LogP contribution in [0, 0.1) is 0 Å². The largest absolute Gasteiger partial charge is 0.493 e. The molecule has 0 saturated heterocycles. The van der Waals surface area contributed by atoms with Crippen molar-refractivity contribution in [2.75, 3.05) is 20.8 Å². The third kappa shape index (κ3) is 5.53. The highest BCUT2D eigenvalue weighted by atomic mass is 16.7. The number of benzene rings is 2. The topological polar surface area (TPSA) is 55.9 Å². The number of ether oxygens (including phenoxy) is 2. The molecule has 0 fully saturated rings. The quantitative estimate of drug-likeness (QED) is 0.506. The highest BCUT2D eigenvalue weighted by molar-refractivity contribution is 5.63. The van der Waals surface area contributed by atoms with Gasteiger partial charge in [0.05, 0.1) is 25.9 Å². The highest BCUT2D eigenvalue weighted by Crippen LogP contribution is 2.39. The fraction of sp³-hybridized carbons (Fsp3) is 0.370. The monoisotopic (exact) mass is 447 g/mol. The summed E-state index contributed by atoms with van der Waals surface area (Å²) in [5.74, 6) is 1.51. The van der Waals surface area contributed by atoms with Crippen LogP contribution in [-0.4, -0.2) is 36.4 Å². The van der Waals surface area contributed by atoms with Crippen molar-refractivity contribution in [3.05, 3.63) is 77.6 Å². The molecule has 2 aromatic carbocycles. The summed E-state index contributed by atoms with van der Waals surface area (Å²) >= 11 is 0. The van der Waals surface area contributed by atoms with Crippen LogP contribution in [0.1, 0.15) is 43.5 Å². The zero-order valence-corrected chi connectivity index (χ0v) is 20.1. The number of hydrazine groups is 1. The van der Waals surface area contributed by atoms with E-state index in [1.54, 1.807) is 14.2 Å². The lowest BCUT2D eigenvalue weighted by molar-refractivity contribution is -0.170. The Morgan fingerprint density at radius 1 is 0.939 bits per heavy atom. The molecule has 174 valence electrons. The zero-order valence-electron chi connectivity index (χ0n) is 20.1. The van der Waals surface area contributed by atoms with E-state index in [0.29, 0.717) is 0 Å². The Balaban J connectivity index is 1.64. The summed E-state index contributed by atoms with van der Waals surface area (Å²) in [4.78, 5) is 10.1. The Hall–Kier alpha value is -2.93. The number of fused-ring (bicyclic) bond motifs is 1. The zero-order chi connectivity index (χ0) is 23.4. The molecule has 2 heterocycles. The number of nitrogens with zero attached hydrogens (tertiary/aromatic N) is 2. The smallest absolute Gasteiger partial charge is 0.161 e. The molecule has 6 heteroatoms. The fourth-order valence-electron chi connectivity index (χ4n) is 4.15. The van der Waals surface area contributed by atoms with Gasteiger partial charge in [-0.05, 0) is 85.7 Å². The second-order valence-electron chi connectivity index (χ2n) is 9.31. The standard InChI is InChI=1S/C27H33N3O3/c1-27(2,3)33-29-30-15-12-22-17-25(31-4)26(32-5)18-23(22)24(30)16-19-6-8-20(9-7-19)21-10-13-28-14-11-21/h6-11,13-14,17-18,24,29H,12,15-16H2,1-5H3. The van der Waals surface area contributed by atoms with Gasteiger partial charge < -0.3 is 9.47 Å². The molecule has 0 aliphatic carbocycles. The molecule has 4 rings (SSSR count). The van der Waals surface area contributed by atoms with Crippen LogP contribution in [0.25, 0.3) is 11.1 Å². The van der Waals surface area contributed by atoms with E-state index in [1.807, 2.05) is 45.3 Å². The van der Waals surface area contributed by atoms with Gasteiger partial charge in [-0.2, -0.15) is 0 Å². The minimum Gasteiger partial charge on any atom is -0.493 e. The molecule has 3 aromatic rings. The molecule has 6 nitrogen and oxygen atoms in total. The van der Waals surface area contributed by atoms with Crippen LogP contribution >= 0.6 is 0 Å². The summed E-state index contributed by atoms with van der Waals surface area (Å²) in [6.45, 7) is 6.95. The third-order valence-electron chi connectivity index (χ3n) is 5.87. The van der Waals surface area contributed by atoms with Gasteiger partial charge in [-0.3, -0.25) is 9.82 Å². The summed E-state index contributed by atoms with van der Waals surface area (Å²) < 4.78 is 11.2. The van der Waals surface area contributed by atoms with Crippen LogP contribution in [0.2, 0.25) is 0 Å². The van der Waals surface area contributed by atoms with Gasteiger partial charge >= 0.3 is 0 Å². The first-order valence-electron chi connectivity index (χ1n) is 11.3. The lowest BCUT2D eigenvalue weighted by atomic mass is 9.89. The Morgan fingerprint density at radius 2 is 1.58 bits per heavy atom. The number of rotatable bonds is 7. The minimum absolute atomic E-state index is 0.0858. The lowest BCUT2D eigenvalue weighted by Crippen LogP contribution is -2.48. The summed E-state index contributed by atoms with van der Waals surface area (Å²) in [6.07, 6.45) is 5.37. The Morgan fingerprint density at radius 3 is 2.21 bits per heavy atom. The predicted molar refractivity (Wildman–Crippen MR) is 130 cm³/mol. The van der Waals surface area contributed by atoms with E-state index < -0.39 is 0 Å². The van der Waals surface area contributed by atoms with Gasteiger partial charge in [0.25, 0.3) is 0 Å². The van der Waals surface area contributed by atoms with Crippen LogP contribution in [-0.2, 0) is 17.7 Å². The van der Waals surface area contributed by atoms with Crippen molar-refractivity contribution in [2.45, 2.75) is 45.3 Å². The maximum Gasteiger partial charge on any atom is 0.161 e. The molecule has 1 atom stereocenters. The van der Waals surface area contributed by atoms with Gasteiger partial charge in [0.2, 0.25) is 0 Å². The Labute approximate surface area is 196 Å². The average Bonchev–Trinajstić information content (AvgIpc) is 2.83. The van der Waals surface area contributed by atoms with Gasteiger partial charge in [-0.15, -0.1) is 5.59 Å². The van der Waals surface area contributed by atoms with Crippen molar-refractivity contribution in [1.82, 2.24) is 15.6 Å². The second kappa shape index (κ2) is 9.91.